The van der Waals surface area contributed by atoms with E-state index in [0.29, 0.717) is 24.1 Å². The molecule has 152 valence electrons. The van der Waals surface area contributed by atoms with E-state index in [0.717, 1.165) is 33.4 Å². The van der Waals surface area contributed by atoms with Gasteiger partial charge in [-0.15, -0.1) is 0 Å². The molecular weight excluding hydrogens is 366 g/mol. The maximum Gasteiger partial charge on any atom is 0.339 e. The number of carbonyl (C=O) groups is 1. The summed E-state index contributed by atoms with van der Waals surface area (Å²) in [4.78, 5) is 26.8. The zero-order valence-corrected chi connectivity index (χ0v) is 17.7. The van der Waals surface area contributed by atoms with Gasteiger partial charge in [0.25, 0.3) is 0 Å². The first-order valence-corrected chi connectivity index (χ1v) is 9.70. The predicted molar refractivity (Wildman–Crippen MR) is 114 cm³/mol. The third-order valence-electron chi connectivity index (χ3n) is 5.30. The number of benzene rings is 2. The Labute approximate surface area is 170 Å². The number of methoxy groups -OCH3 is 1. The van der Waals surface area contributed by atoms with Crippen LogP contribution in [0.2, 0.25) is 0 Å². The molecule has 3 rings (SSSR count). The molecule has 1 aromatic heterocycles. The monoisotopic (exact) mass is 393 g/mol. The first-order chi connectivity index (χ1) is 13.8. The molecule has 0 aliphatic carbocycles. The first-order valence-electron chi connectivity index (χ1n) is 9.70. The summed E-state index contributed by atoms with van der Waals surface area (Å²) >= 11 is 0. The molecule has 0 atom stereocenters. The predicted octanol–water partition coefficient (Wildman–Crippen LogP) is 4.32. The summed E-state index contributed by atoms with van der Waals surface area (Å²) in [5.74, 6) is 0.730. The first kappa shape index (κ1) is 20.6. The lowest BCUT2D eigenvalue weighted by Crippen LogP contribution is -2.27. The Morgan fingerprint density at radius 1 is 1.07 bits per heavy atom. The quantitative estimate of drug-likeness (QED) is 0.585. The average molecular weight is 393 g/mol. The van der Waals surface area contributed by atoms with Gasteiger partial charge in [-0.3, -0.25) is 4.79 Å². The van der Waals surface area contributed by atoms with E-state index in [4.69, 9.17) is 9.15 Å². The van der Waals surface area contributed by atoms with Crippen molar-refractivity contribution in [3.63, 3.8) is 0 Å². The molecule has 0 spiro atoms. The Morgan fingerprint density at radius 2 is 1.76 bits per heavy atom. The van der Waals surface area contributed by atoms with Gasteiger partial charge in [0.15, 0.2) is 0 Å². The van der Waals surface area contributed by atoms with Gasteiger partial charge in [0.1, 0.15) is 11.3 Å². The molecule has 0 aliphatic heterocycles. The molecule has 1 heterocycles. The van der Waals surface area contributed by atoms with Gasteiger partial charge in [-0.1, -0.05) is 29.8 Å². The number of rotatable bonds is 6. The molecule has 5 nitrogen and oxygen atoms in total. The molecule has 0 unspecified atom stereocenters. The van der Waals surface area contributed by atoms with Gasteiger partial charge in [0.2, 0.25) is 5.91 Å². The second-order valence-electron chi connectivity index (χ2n) is 7.56. The van der Waals surface area contributed by atoms with Crippen molar-refractivity contribution in [1.82, 2.24) is 4.90 Å². The summed E-state index contributed by atoms with van der Waals surface area (Å²) in [6.07, 6.45) is 0.597. The van der Waals surface area contributed by atoms with Gasteiger partial charge in [-0.05, 0) is 50.5 Å². The number of hydrogen-bond donors (Lipinski definition) is 0. The number of aryl methyl sites for hydroxylation is 3. The van der Waals surface area contributed by atoms with Crippen molar-refractivity contribution in [2.45, 2.75) is 40.2 Å². The highest BCUT2D eigenvalue weighted by atomic mass is 16.5. The average Bonchev–Trinajstić information content (AvgIpc) is 2.67. The summed E-state index contributed by atoms with van der Waals surface area (Å²) in [6, 6.07) is 11.7. The molecule has 3 aromatic rings. The van der Waals surface area contributed by atoms with Crippen molar-refractivity contribution in [3.8, 4) is 5.75 Å². The van der Waals surface area contributed by atoms with Crippen LogP contribution >= 0.6 is 0 Å². The van der Waals surface area contributed by atoms with Crippen LogP contribution in [-0.2, 0) is 17.8 Å². The van der Waals surface area contributed by atoms with Crippen molar-refractivity contribution in [2.75, 3.05) is 14.2 Å². The van der Waals surface area contributed by atoms with E-state index in [-0.39, 0.29) is 18.0 Å². The third kappa shape index (κ3) is 4.50. The molecule has 0 bridgehead atoms. The molecule has 2 aromatic carbocycles. The molecule has 0 saturated heterocycles. The standard InChI is InChI=1S/C24H27NO4/c1-15-7-10-21(28-5)18(12-15)14-25(4)23(26)11-9-20-17(3)19-8-6-16(2)13-22(19)29-24(20)27/h6-8,10,12-13H,9,11,14H2,1-5H3. The lowest BCUT2D eigenvalue weighted by atomic mass is 10.0. The number of hydrogen-bond acceptors (Lipinski definition) is 4. The van der Waals surface area contributed by atoms with Crippen LogP contribution in [0.15, 0.2) is 45.6 Å². The summed E-state index contributed by atoms with van der Waals surface area (Å²) < 4.78 is 10.9. The van der Waals surface area contributed by atoms with E-state index >= 15 is 0 Å². The molecule has 29 heavy (non-hydrogen) atoms. The number of nitrogens with zero attached hydrogens (tertiary/aromatic N) is 1. The van der Waals surface area contributed by atoms with Gasteiger partial charge >= 0.3 is 5.63 Å². The number of amides is 1. The Bertz CT molecular complexity index is 1110. The SMILES string of the molecule is COc1ccc(C)cc1CN(C)C(=O)CCc1c(C)c2ccc(C)cc2oc1=O. The van der Waals surface area contributed by atoms with Crippen molar-refractivity contribution in [2.24, 2.45) is 0 Å². The second-order valence-corrected chi connectivity index (χ2v) is 7.56. The molecule has 5 heteroatoms. The van der Waals surface area contributed by atoms with Crippen LogP contribution in [0.1, 0.15) is 34.2 Å². The van der Waals surface area contributed by atoms with Crippen molar-refractivity contribution in [1.29, 1.82) is 0 Å². The van der Waals surface area contributed by atoms with E-state index < -0.39 is 0 Å². The zero-order chi connectivity index (χ0) is 21.1. The van der Waals surface area contributed by atoms with E-state index in [1.54, 1.807) is 19.1 Å². The van der Waals surface area contributed by atoms with E-state index in [9.17, 15) is 9.59 Å². The Morgan fingerprint density at radius 3 is 2.48 bits per heavy atom. The van der Waals surface area contributed by atoms with Crippen LogP contribution in [0.3, 0.4) is 0 Å². The van der Waals surface area contributed by atoms with Crippen LogP contribution in [0.25, 0.3) is 11.0 Å². The van der Waals surface area contributed by atoms with Crippen molar-refractivity contribution >= 4 is 16.9 Å². The van der Waals surface area contributed by atoms with Crippen LogP contribution in [-0.4, -0.2) is 25.0 Å². The molecular formula is C24H27NO4. The van der Waals surface area contributed by atoms with Crippen LogP contribution < -0.4 is 10.4 Å². The smallest absolute Gasteiger partial charge is 0.339 e. The Hall–Kier alpha value is -3.08. The largest absolute Gasteiger partial charge is 0.496 e. The highest BCUT2D eigenvalue weighted by molar-refractivity contribution is 5.82. The number of fused-ring (bicyclic) bond motifs is 1. The number of carbonyl (C=O) groups excluding carboxylic acids is 1. The number of ether oxygens (including phenoxy) is 1. The van der Waals surface area contributed by atoms with Gasteiger partial charge in [0, 0.05) is 36.5 Å². The molecule has 0 radical (unpaired) electrons. The maximum atomic E-state index is 12.7. The highest BCUT2D eigenvalue weighted by Gasteiger charge is 2.16. The minimum absolute atomic E-state index is 0.0311. The minimum Gasteiger partial charge on any atom is -0.496 e. The fourth-order valence-electron chi connectivity index (χ4n) is 3.59. The van der Waals surface area contributed by atoms with E-state index in [2.05, 4.69) is 0 Å². The summed E-state index contributed by atoms with van der Waals surface area (Å²) in [6.45, 7) is 6.33. The van der Waals surface area contributed by atoms with Crippen LogP contribution in [0, 0.1) is 20.8 Å². The van der Waals surface area contributed by atoms with Crippen molar-refractivity contribution in [3.05, 3.63) is 74.6 Å². The van der Waals surface area contributed by atoms with Gasteiger partial charge < -0.3 is 14.1 Å². The third-order valence-corrected chi connectivity index (χ3v) is 5.30. The van der Waals surface area contributed by atoms with E-state index in [1.807, 2.05) is 57.2 Å². The molecule has 1 amide bonds. The second kappa shape index (κ2) is 8.52. The highest BCUT2D eigenvalue weighted by Crippen LogP contribution is 2.23. The lowest BCUT2D eigenvalue weighted by Gasteiger charge is -2.19. The molecule has 0 saturated carbocycles. The Kier molecular flexibility index (Phi) is 6.06. The van der Waals surface area contributed by atoms with Gasteiger partial charge in [-0.25, -0.2) is 4.79 Å². The maximum absolute atomic E-state index is 12.7. The Balaban J connectivity index is 1.74. The lowest BCUT2D eigenvalue weighted by molar-refractivity contribution is -0.130. The zero-order valence-electron chi connectivity index (χ0n) is 17.7. The molecule has 0 fully saturated rings. The van der Waals surface area contributed by atoms with Gasteiger partial charge in [-0.2, -0.15) is 0 Å². The van der Waals surface area contributed by atoms with Crippen molar-refractivity contribution < 1.29 is 13.9 Å². The fourth-order valence-corrected chi connectivity index (χ4v) is 3.59. The van der Waals surface area contributed by atoms with E-state index in [1.165, 1.54) is 0 Å². The van der Waals surface area contributed by atoms with Crippen LogP contribution in [0.5, 0.6) is 5.75 Å². The topological polar surface area (TPSA) is 59.8 Å². The molecule has 0 N–H and O–H groups in total. The normalized spacial score (nSPS) is 10.9. The summed E-state index contributed by atoms with van der Waals surface area (Å²) in [7, 11) is 3.39. The summed E-state index contributed by atoms with van der Waals surface area (Å²) in [5.41, 5.74) is 4.78. The fraction of sp³-hybridized carbons (Fsp3) is 0.333. The van der Waals surface area contributed by atoms with Gasteiger partial charge in [0.05, 0.1) is 7.11 Å². The molecule has 0 aliphatic rings. The minimum atomic E-state index is -0.364. The van der Waals surface area contributed by atoms with Crippen LogP contribution in [0.4, 0.5) is 0 Å². The summed E-state index contributed by atoms with van der Waals surface area (Å²) in [5, 5.41) is 0.913.